The molecule has 1 aliphatic heterocycles. The first-order valence-corrected chi connectivity index (χ1v) is 9.40. The summed E-state index contributed by atoms with van der Waals surface area (Å²) in [5.41, 5.74) is 14.0. The fraction of sp³-hybridized carbons (Fsp3) is 0.550. The normalized spacial score (nSPS) is 19.5. The minimum absolute atomic E-state index is 0.220. The van der Waals surface area contributed by atoms with Crippen LogP contribution in [0.2, 0.25) is 0 Å². The number of nitrogens with zero attached hydrogens (tertiary/aromatic N) is 3. The number of rotatable bonds is 2. The summed E-state index contributed by atoms with van der Waals surface area (Å²) in [7, 11) is 1.39. The van der Waals surface area contributed by atoms with Gasteiger partial charge in [-0.15, -0.1) is 0 Å². The Morgan fingerprint density at radius 2 is 1.85 bits per heavy atom. The molecule has 0 radical (unpaired) electrons. The van der Waals surface area contributed by atoms with Gasteiger partial charge in [0.15, 0.2) is 0 Å². The van der Waals surface area contributed by atoms with Crippen molar-refractivity contribution in [3.05, 3.63) is 29.3 Å². The predicted molar refractivity (Wildman–Crippen MR) is 108 cm³/mol. The molecule has 1 aromatic rings. The van der Waals surface area contributed by atoms with Gasteiger partial charge in [0, 0.05) is 0 Å². The molecule has 0 atom stereocenters. The van der Waals surface area contributed by atoms with E-state index in [2.05, 4.69) is 25.8 Å². The summed E-state index contributed by atoms with van der Waals surface area (Å²) in [5.74, 6) is 0.219. The maximum absolute atomic E-state index is 12.1. The van der Waals surface area contributed by atoms with Gasteiger partial charge in [-0.05, 0) is 54.9 Å². The summed E-state index contributed by atoms with van der Waals surface area (Å²) >= 11 is 0. The quantitative estimate of drug-likeness (QED) is 0.778. The SMILES string of the molecule is COC(=O)c1ccc(N2C(N)=NC(N)=NC23CCCCC3)c(C(C)(C)C)c1. The summed E-state index contributed by atoms with van der Waals surface area (Å²) in [6.07, 6.45) is 5.03. The molecule has 0 saturated heterocycles. The lowest BCUT2D eigenvalue weighted by molar-refractivity contribution is 0.0600. The first-order valence-electron chi connectivity index (χ1n) is 9.40. The van der Waals surface area contributed by atoms with Crippen molar-refractivity contribution >= 4 is 23.6 Å². The smallest absolute Gasteiger partial charge is 0.337 e. The van der Waals surface area contributed by atoms with Crippen LogP contribution in [0.1, 0.15) is 68.8 Å². The molecule has 2 aliphatic rings. The molecule has 1 spiro atoms. The number of carbonyl (C=O) groups excluding carboxylic acids is 1. The van der Waals surface area contributed by atoms with Crippen molar-refractivity contribution < 1.29 is 9.53 Å². The van der Waals surface area contributed by atoms with Crippen LogP contribution < -0.4 is 16.4 Å². The monoisotopic (exact) mass is 371 g/mol. The number of hydrogen-bond donors (Lipinski definition) is 2. The van der Waals surface area contributed by atoms with E-state index >= 15 is 0 Å². The van der Waals surface area contributed by atoms with Crippen LogP contribution in [-0.4, -0.2) is 30.7 Å². The molecule has 1 aliphatic carbocycles. The number of aliphatic imine (C=N–C) groups is 2. The maximum Gasteiger partial charge on any atom is 0.337 e. The van der Waals surface area contributed by atoms with E-state index in [1.807, 2.05) is 17.0 Å². The Hall–Kier alpha value is -2.57. The van der Waals surface area contributed by atoms with Crippen LogP contribution in [0.3, 0.4) is 0 Å². The average molecular weight is 371 g/mol. The van der Waals surface area contributed by atoms with Gasteiger partial charge in [0.25, 0.3) is 0 Å². The number of carbonyl (C=O) groups is 1. The van der Waals surface area contributed by atoms with Crippen molar-refractivity contribution in [2.45, 2.75) is 64.0 Å². The van der Waals surface area contributed by atoms with E-state index in [0.29, 0.717) is 11.5 Å². The summed E-state index contributed by atoms with van der Waals surface area (Å²) in [5, 5.41) is 0. The number of benzene rings is 1. The molecule has 27 heavy (non-hydrogen) atoms. The molecular formula is C20H29N5O2. The molecule has 4 N–H and O–H groups in total. The third kappa shape index (κ3) is 3.50. The largest absolute Gasteiger partial charge is 0.465 e. The molecule has 1 fully saturated rings. The number of esters is 1. The Bertz CT molecular complexity index is 801. The van der Waals surface area contributed by atoms with Crippen LogP contribution >= 0.6 is 0 Å². The third-order valence-corrected chi connectivity index (χ3v) is 5.32. The fourth-order valence-corrected chi connectivity index (χ4v) is 4.05. The van der Waals surface area contributed by atoms with Crippen LogP contribution in [0.5, 0.6) is 0 Å². The molecule has 1 heterocycles. The van der Waals surface area contributed by atoms with Gasteiger partial charge in [-0.1, -0.05) is 27.2 Å². The Labute approximate surface area is 160 Å². The van der Waals surface area contributed by atoms with Crippen LogP contribution in [0.4, 0.5) is 5.69 Å². The minimum Gasteiger partial charge on any atom is -0.465 e. The highest BCUT2D eigenvalue weighted by Crippen LogP contribution is 2.43. The lowest BCUT2D eigenvalue weighted by atomic mass is 9.82. The number of anilines is 1. The maximum atomic E-state index is 12.1. The van der Waals surface area contributed by atoms with Crippen LogP contribution in [0.25, 0.3) is 0 Å². The number of ether oxygens (including phenoxy) is 1. The summed E-state index contributed by atoms with van der Waals surface area (Å²) < 4.78 is 4.89. The van der Waals surface area contributed by atoms with Crippen LogP contribution in [-0.2, 0) is 10.2 Å². The molecule has 1 saturated carbocycles. The van der Waals surface area contributed by atoms with Gasteiger partial charge in [0.2, 0.25) is 11.9 Å². The van der Waals surface area contributed by atoms with Crippen molar-refractivity contribution in [3.8, 4) is 0 Å². The zero-order valence-corrected chi connectivity index (χ0v) is 16.6. The van der Waals surface area contributed by atoms with E-state index in [-0.39, 0.29) is 17.3 Å². The highest BCUT2D eigenvalue weighted by molar-refractivity contribution is 6.06. The summed E-state index contributed by atoms with van der Waals surface area (Å²) in [6.45, 7) is 6.32. The van der Waals surface area contributed by atoms with Gasteiger partial charge in [-0.25, -0.2) is 9.79 Å². The van der Waals surface area contributed by atoms with E-state index < -0.39 is 5.66 Å². The Balaban J connectivity index is 2.18. The summed E-state index contributed by atoms with van der Waals surface area (Å²) in [6, 6.07) is 5.57. The van der Waals surface area contributed by atoms with E-state index in [1.54, 1.807) is 6.07 Å². The second kappa shape index (κ2) is 6.87. The van der Waals surface area contributed by atoms with Crippen LogP contribution in [0.15, 0.2) is 28.2 Å². The Morgan fingerprint density at radius 3 is 2.44 bits per heavy atom. The lowest BCUT2D eigenvalue weighted by Gasteiger charge is -2.47. The first-order chi connectivity index (χ1) is 12.7. The van der Waals surface area contributed by atoms with Gasteiger partial charge >= 0.3 is 5.97 Å². The standard InChI is InChI=1S/C20H29N5O2/c1-19(2,3)14-12-13(16(26)27-4)8-9-15(14)25-18(22)23-17(21)24-20(25)10-6-5-7-11-20/h8-9,12H,5-7,10-11H2,1-4H3,(H4,21,22,23,24). The second-order valence-corrected chi connectivity index (χ2v) is 8.29. The van der Waals surface area contributed by atoms with Gasteiger partial charge in [0.1, 0.15) is 5.66 Å². The molecule has 0 unspecified atom stereocenters. The lowest BCUT2D eigenvalue weighted by Crippen LogP contribution is -2.58. The van der Waals surface area contributed by atoms with Crippen molar-refractivity contribution in [1.29, 1.82) is 0 Å². The van der Waals surface area contributed by atoms with Crippen molar-refractivity contribution in [2.75, 3.05) is 12.0 Å². The van der Waals surface area contributed by atoms with Gasteiger partial charge in [-0.2, -0.15) is 4.99 Å². The van der Waals surface area contributed by atoms with Crippen molar-refractivity contribution in [1.82, 2.24) is 0 Å². The minimum atomic E-state index is -0.513. The van der Waals surface area contributed by atoms with Crippen molar-refractivity contribution in [3.63, 3.8) is 0 Å². The molecule has 1 aromatic carbocycles. The van der Waals surface area contributed by atoms with Gasteiger partial charge in [-0.3, -0.25) is 4.90 Å². The number of methoxy groups -OCH3 is 1. The molecule has 0 amide bonds. The molecule has 7 heteroatoms. The number of hydrogen-bond acceptors (Lipinski definition) is 7. The molecule has 0 bridgehead atoms. The Kier molecular flexibility index (Phi) is 4.88. The topological polar surface area (TPSA) is 106 Å². The molecule has 146 valence electrons. The Morgan fingerprint density at radius 1 is 1.19 bits per heavy atom. The third-order valence-electron chi connectivity index (χ3n) is 5.32. The van der Waals surface area contributed by atoms with E-state index in [1.165, 1.54) is 13.5 Å². The number of guanidine groups is 2. The fourth-order valence-electron chi connectivity index (χ4n) is 4.05. The van der Waals surface area contributed by atoms with Crippen LogP contribution in [0, 0.1) is 0 Å². The zero-order valence-electron chi connectivity index (χ0n) is 16.6. The average Bonchev–Trinajstić information content (AvgIpc) is 2.60. The second-order valence-electron chi connectivity index (χ2n) is 8.29. The highest BCUT2D eigenvalue weighted by atomic mass is 16.5. The first kappa shape index (κ1) is 19.2. The molecule has 0 aromatic heterocycles. The van der Waals surface area contributed by atoms with E-state index in [4.69, 9.17) is 21.2 Å². The zero-order chi connectivity index (χ0) is 19.8. The predicted octanol–water partition coefficient (Wildman–Crippen LogP) is 2.88. The van der Waals surface area contributed by atoms with Gasteiger partial charge < -0.3 is 16.2 Å². The van der Waals surface area contributed by atoms with E-state index in [0.717, 1.165) is 36.9 Å². The number of nitrogens with two attached hydrogens (primary N) is 2. The van der Waals surface area contributed by atoms with Gasteiger partial charge in [0.05, 0.1) is 18.4 Å². The molecule has 7 nitrogen and oxygen atoms in total. The molecule has 3 rings (SSSR count). The van der Waals surface area contributed by atoms with Crippen molar-refractivity contribution in [2.24, 2.45) is 21.5 Å². The summed E-state index contributed by atoms with van der Waals surface area (Å²) in [4.78, 5) is 23.1. The molecular weight excluding hydrogens is 342 g/mol. The van der Waals surface area contributed by atoms with E-state index in [9.17, 15) is 4.79 Å². The highest BCUT2D eigenvalue weighted by Gasteiger charge is 2.44.